The molecule has 3 N–H and O–H groups in total. The minimum Gasteiger partial charge on any atom is -0.497 e. The van der Waals surface area contributed by atoms with Crippen molar-refractivity contribution < 1.29 is 19.1 Å². The quantitative estimate of drug-likeness (QED) is 0.524. The summed E-state index contributed by atoms with van der Waals surface area (Å²) in [5, 5.41) is 8.38. The predicted octanol–water partition coefficient (Wildman–Crippen LogP) is 4.13. The first-order valence-electron chi connectivity index (χ1n) is 10.1. The van der Waals surface area contributed by atoms with E-state index in [1.54, 1.807) is 25.3 Å². The Bertz CT molecular complexity index is 1080. The highest BCUT2D eigenvalue weighted by molar-refractivity contribution is 6.00. The first-order chi connectivity index (χ1) is 15.4. The van der Waals surface area contributed by atoms with Crippen molar-refractivity contribution >= 4 is 29.1 Å². The van der Waals surface area contributed by atoms with Crippen LogP contribution >= 0.6 is 0 Å². The van der Waals surface area contributed by atoms with Crippen molar-refractivity contribution in [3.8, 4) is 5.75 Å². The Labute approximate surface area is 186 Å². The molecule has 0 unspecified atom stereocenters. The molecule has 0 aromatic heterocycles. The Morgan fingerprint density at radius 2 is 1.28 bits per heavy atom. The number of hydrogen-bond acceptors (Lipinski definition) is 4. The van der Waals surface area contributed by atoms with Crippen LogP contribution in [-0.2, 0) is 9.59 Å². The summed E-state index contributed by atoms with van der Waals surface area (Å²) in [6.07, 6.45) is 0. The topological polar surface area (TPSA) is 96.5 Å². The van der Waals surface area contributed by atoms with Gasteiger partial charge in [0.25, 0.3) is 5.91 Å². The molecule has 0 aliphatic rings. The van der Waals surface area contributed by atoms with Crippen LogP contribution in [0.15, 0.2) is 72.8 Å². The number of methoxy groups -OCH3 is 1. The summed E-state index contributed by atoms with van der Waals surface area (Å²) in [7, 11) is 1.60. The van der Waals surface area contributed by atoms with Gasteiger partial charge in [0.05, 0.1) is 13.2 Å². The van der Waals surface area contributed by atoms with Crippen molar-refractivity contribution in [2.24, 2.45) is 0 Å². The molecule has 0 aliphatic heterocycles. The van der Waals surface area contributed by atoms with Gasteiger partial charge in [-0.25, -0.2) is 0 Å². The second-order valence-corrected chi connectivity index (χ2v) is 7.25. The third-order valence-electron chi connectivity index (χ3n) is 4.69. The molecule has 3 amide bonds. The van der Waals surface area contributed by atoms with Crippen LogP contribution < -0.4 is 20.7 Å². The van der Waals surface area contributed by atoms with Gasteiger partial charge in [-0.1, -0.05) is 42.5 Å². The number of ether oxygens (including phenoxy) is 1. The molecule has 0 bridgehead atoms. The molecule has 0 spiro atoms. The molecule has 0 saturated carbocycles. The normalized spacial score (nSPS) is 11.2. The van der Waals surface area contributed by atoms with Gasteiger partial charge in [0.15, 0.2) is 0 Å². The molecule has 0 heterocycles. The highest BCUT2D eigenvalue weighted by Crippen LogP contribution is 2.26. The fourth-order valence-corrected chi connectivity index (χ4v) is 3.32. The van der Waals surface area contributed by atoms with Crippen LogP contribution in [0.1, 0.15) is 41.4 Å². The van der Waals surface area contributed by atoms with Crippen molar-refractivity contribution in [1.82, 2.24) is 5.32 Å². The lowest BCUT2D eigenvalue weighted by Crippen LogP contribution is -2.29. The van der Waals surface area contributed by atoms with E-state index in [1.807, 2.05) is 54.6 Å². The van der Waals surface area contributed by atoms with Crippen LogP contribution in [0.5, 0.6) is 5.75 Å². The van der Waals surface area contributed by atoms with E-state index >= 15 is 0 Å². The van der Waals surface area contributed by atoms with Gasteiger partial charge in [0.1, 0.15) is 5.75 Å². The Morgan fingerprint density at radius 1 is 0.750 bits per heavy atom. The lowest BCUT2D eigenvalue weighted by molar-refractivity contribution is -0.115. The number of nitrogens with one attached hydrogen (secondary N) is 3. The van der Waals surface area contributed by atoms with Crippen molar-refractivity contribution in [2.75, 3.05) is 17.7 Å². The van der Waals surface area contributed by atoms with Gasteiger partial charge in [-0.15, -0.1) is 0 Å². The SMILES string of the molecule is COc1ccc([C@@H](NC(=O)c2cc(NC(C)=O)cc(NC(C)=O)c2)c2ccccc2)cc1. The lowest BCUT2D eigenvalue weighted by Gasteiger charge is -2.21. The molecule has 3 aromatic rings. The number of hydrogen-bond donors (Lipinski definition) is 3. The highest BCUT2D eigenvalue weighted by atomic mass is 16.5. The molecule has 3 rings (SSSR count). The molecule has 1 atom stereocenters. The van der Waals surface area contributed by atoms with E-state index < -0.39 is 6.04 Å². The first-order valence-corrected chi connectivity index (χ1v) is 10.1. The smallest absolute Gasteiger partial charge is 0.252 e. The van der Waals surface area contributed by atoms with E-state index in [0.717, 1.165) is 16.9 Å². The minimum atomic E-state index is -0.414. The maximum absolute atomic E-state index is 13.2. The highest BCUT2D eigenvalue weighted by Gasteiger charge is 2.19. The number of benzene rings is 3. The van der Waals surface area contributed by atoms with E-state index in [9.17, 15) is 14.4 Å². The third-order valence-corrected chi connectivity index (χ3v) is 4.69. The van der Waals surface area contributed by atoms with Gasteiger partial charge in [-0.2, -0.15) is 0 Å². The number of carbonyl (C=O) groups excluding carboxylic acids is 3. The maximum Gasteiger partial charge on any atom is 0.252 e. The molecule has 7 heteroatoms. The van der Waals surface area contributed by atoms with Gasteiger partial charge in [0, 0.05) is 30.8 Å². The van der Waals surface area contributed by atoms with E-state index in [0.29, 0.717) is 16.9 Å². The molecule has 0 aliphatic carbocycles. The number of amides is 3. The minimum absolute atomic E-state index is 0.281. The van der Waals surface area contributed by atoms with Crippen LogP contribution in [0, 0.1) is 0 Å². The van der Waals surface area contributed by atoms with Gasteiger partial charge in [-0.3, -0.25) is 14.4 Å². The van der Waals surface area contributed by atoms with Crippen LogP contribution in [-0.4, -0.2) is 24.8 Å². The molecule has 3 aromatic carbocycles. The molecule has 0 fully saturated rings. The van der Waals surface area contributed by atoms with E-state index in [4.69, 9.17) is 4.74 Å². The van der Waals surface area contributed by atoms with Crippen LogP contribution in [0.4, 0.5) is 11.4 Å². The molecular formula is C25H25N3O4. The molecule has 7 nitrogen and oxygen atoms in total. The van der Waals surface area contributed by atoms with Crippen molar-refractivity contribution in [1.29, 1.82) is 0 Å². The van der Waals surface area contributed by atoms with Crippen LogP contribution in [0.2, 0.25) is 0 Å². The summed E-state index contributed by atoms with van der Waals surface area (Å²) in [6.45, 7) is 2.75. The standard InChI is InChI=1S/C25H25N3O4/c1-16(29)26-21-13-20(14-22(15-21)27-17(2)30)25(31)28-24(18-7-5-4-6-8-18)19-9-11-23(32-3)12-10-19/h4-15,24H,1-3H3,(H,26,29)(H,27,30)(H,28,31)/t24-/m0/s1. The fourth-order valence-electron chi connectivity index (χ4n) is 3.32. The van der Waals surface area contributed by atoms with Crippen molar-refractivity contribution in [3.05, 3.63) is 89.5 Å². The zero-order valence-electron chi connectivity index (χ0n) is 18.1. The van der Waals surface area contributed by atoms with Crippen LogP contribution in [0.25, 0.3) is 0 Å². The van der Waals surface area contributed by atoms with Gasteiger partial charge in [-0.05, 0) is 41.5 Å². The summed E-state index contributed by atoms with van der Waals surface area (Å²) in [6, 6.07) is 21.4. The van der Waals surface area contributed by atoms with E-state index in [2.05, 4.69) is 16.0 Å². The van der Waals surface area contributed by atoms with Gasteiger partial charge < -0.3 is 20.7 Å². The largest absolute Gasteiger partial charge is 0.497 e. The van der Waals surface area contributed by atoms with Crippen LogP contribution in [0.3, 0.4) is 0 Å². The fraction of sp³-hybridized carbons (Fsp3) is 0.160. The number of anilines is 2. The zero-order valence-corrected chi connectivity index (χ0v) is 18.1. The zero-order chi connectivity index (χ0) is 23.1. The summed E-state index contributed by atoms with van der Waals surface area (Å²) >= 11 is 0. The number of carbonyl (C=O) groups is 3. The average molecular weight is 431 g/mol. The second-order valence-electron chi connectivity index (χ2n) is 7.25. The molecule has 0 radical (unpaired) electrons. The Morgan fingerprint density at radius 3 is 1.78 bits per heavy atom. The van der Waals surface area contributed by atoms with E-state index in [-0.39, 0.29) is 17.7 Å². The van der Waals surface area contributed by atoms with E-state index in [1.165, 1.54) is 13.8 Å². The summed E-state index contributed by atoms with van der Waals surface area (Å²) in [4.78, 5) is 36.3. The van der Waals surface area contributed by atoms with Gasteiger partial charge >= 0.3 is 0 Å². The molecule has 164 valence electrons. The second kappa shape index (κ2) is 10.3. The summed E-state index contributed by atoms with van der Waals surface area (Å²) in [5.74, 6) is -0.197. The Kier molecular flexibility index (Phi) is 7.23. The van der Waals surface area contributed by atoms with Crippen molar-refractivity contribution in [3.63, 3.8) is 0 Å². The Balaban J connectivity index is 1.96. The molecular weight excluding hydrogens is 406 g/mol. The molecule has 32 heavy (non-hydrogen) atoms. The third kappa shape index (κ3) is 5.95. The van der Waals surface area contributed by atoms with Gasteiger partial charge in [0.2, 0.25) is 11.8 Å². The van der Waals surface area contributed by atoms with Crippen molar-refractivity contribution in [2.45, 2.75) is 19.9 Å². The lowest BCUT2D eigenvalue weighted by atomic mass is 9.98. The Hall–Kier alpha value is -4.13. The number of rotatable bonds is 7. The maximum atomic E-state index is 13.2. The predicted molar refractivity (Wildman–Crippen MR) is 124 cm³/mol. The molecule has 0 saturated heterocycles. The average Bonchev–Trinajstić information content (AvgIpc) is 2.77. The summed E-state index contributed by atoms with van der Waals surface area (Å²) in [5.41, 5.74) is 2.91. The monoisotopic (exact) mass is 431 g/mol. The first kappa shape index (κ1) is 22.6. The summed E-state index contributed by atoms with van der Waals surface area (Å²) < 4.78 is 5.24.